The van der Waals surface area contributed by atoms with Crippen LogP contribution < -0.4 is 4.72 Å². The number of hydrogen-bond donors (Lipinski definition) is 1. The Kier molecular flexibility index (Phi) is 4.53. The van der Waals surface area contributed by atoms with Gasteiger partial charge in [-0.2, -0.15) is 0 Å². The Morgan fingerprint density at radius 1 is 1.18 bits per heavy atom. The van der Waals surface area contributed by atoms with Crippen LogP contribution in [0.25, 0.3) is 0 Å². The van der Waals surface area contributed by atoms with E-state index in [4.69, 9.17) is 11.6 Å². The molecule has 4 nitrogen and oxygen atoms in total. The van der Waals surface area contributed by atoms with Crippen LogP contribution in [0.15, 0.2) is 41.3 Å². The molecule has 2 aromatic rings. The second-order valence-electron chi connectivity index (χ2n) is 4.77. The van der Waals surface area contributed by atoms with Gasteiger partial charge in [0.2, 0.25) is 0 Å². The smallest absolute Gasteiger partial charge is 0.261 e. The number of anilines is 1. The van der Waals surface area contributed by atoms with Crippen LogP contribution in [0, 0.1) is 12.7 Å². The minimum Gasteiger partial charge on any atom is -0.295 e. The van der Waals surface area contributed by atoms with E-state index in [9.17, 15) is 17.6 Å². The molecule has 0 saturated heterocycles. The molecule has 0 saturated carbocycles. The summed E-state index contributed by atoms with van der Waals surface area (Å²) in [4.78, 5) is 11.2. The lowest BCUT2D eigenvalue weighted by Gasteiger charge is -2.11. The fraction of sp³-hybridized carbons (Fsp3) is 0.133. The van der Waals surface area contributed by atoms with Gasteiger partial charge < -0.3 is 0 Å². The zero-order valence-corrected chi connectivity index (χ0v) is 13.4. The van der Waals surface area contributed by atoms with Crippen molar-refractivity contribution in [3.05, 3.63) is 58.4 Å². The van der Waals surface area contributed by atoms with Gasteiger partial charge in [-0.3, -0.25) is 9.52 Å². The van der Waals surface area contributed by atoms with Crippen molar-refractivity contribution in [2.24, 2.45) is 0 Å². The van der Waals surface area contributed by atoms with Gasteiger partial charge in [0.05, 0.1) is 15.6 Å². The second-order valence-corrected chi connectivity index (χ2v) is 6.86. The molecule has 0 unspecified atom stereocenters. The first-order valence-electron chi connectivity index (χ1n) is 6.30. The summed E-state index contributed by atoms with van der Waals surface area (Å²) in [6.07, 6.45) is 0. The lowest BCUT2D eigenvalue weighted by molar-refractivity contribution is 0.101. The number of nitrogens with one attached hydrogen (secondary N) is 1. The summed E-state index contributed by atoms with van der Waals surface area (Å²) < 4.78 is 40.2. The Hall–Kier alpha value is -1.92. The predicted molar refractivity (Wildman–Crippen MR) is 83.4 cm³/mol. The summed E-state index contributed by atoms with van der Waals surface area (Å²) in [7, 11) is -3.88. The van der Waals surface area contributed by atoms with Gasteiger partial charge in [0, 0.05) is 5.56 Å². The van der Waals surface area contributed by atoms with Gasteiger partial charge >= 0.3 is 0 Å². The lowest BCUT2D eigenvalue weighted by Crippen LogP contribution is -2.13. The number of sulfonamides is 1. The molecule has 22 heavy (non-hydrogen) atoms. The highest BCUT2D eigenvalue weighted by atomic mass is 35.5. The average Bonchev–Trinajstić information content (AvgIpc) is 2.44. The molecule has 0 spiro atoms. The highest BCUT2D eigenvalue weighted by Crippen LogP contribution is 2.27. The number of hydrogen-bond acceptors (Lipinski definition) is 3. The van der Waals surface area contributed by atoms with E-state index >= 15 is 0 Å². The molecule has 2 rings (SSSR count). The van der Waals surface area contributed by atoms with Gasteiger partial charge in [0.25, 0.3) is 10.0 Å². The number of carbonyl (C=O) groups is 1. The van der Waals surface area contributed by atoms with Crippen LogP contribution in [-0.2, 0) is 10.0 Å². The molecule has 116 valence electrons. The van der Waals surface area contributed by atoms with Gasteiger partial charge in [-0.05, 0) is 43.7 Å². The normalized spacial score (nSPS) is 11.3. The van der Waals surface area contributed by atoms with E-state index in [2.05, 4.69) is 4.72 Å². The maximum atomic E-state index is 13.3. The van der Waals surface area contributed by atoms with E-state index < -0.39 is 15.8 Å². The van der Waals surface area contributed by atoms with Gasteiger partial charge in [0.15, 0.2) is 5.78 Å². The molecular formula is C15H13ClFNO3S. The summed E-state index contributed by atoms with van der Waals surface area (Å²) in [6.45, 7) is 2.90. The monoisotopic (exact) mass is 341 g/mol. The number of halogens is 2. The van der Waals surface area contributed by atoms with E-state index in [1.807, 2.05) is 0 Å². The van der Waals surface area contributed by atoms with Crippen molar-refractivity contribution < 1.29 is 17.6 Å². The Morgan fingerprint density at radius 3 is 2.32 bits per heavy atom. The fourth-order valence-electron chi connectivity index (χ4n) is 1.81. The first kappa shape index (κ1) is 16.5. The largest absolute Gasteiger partial charge is 0.295 e. The van der Waals surface area contributed by atoms with Gasteiger partial charge in [-0.1, -0.05) is 23.7 Å². The van der Waals surface area contributed by atoms with E-state index in [1.165, 1.54) is 44.2 Å². The molecule has 0 atom stereocenters. The Balaban J connectivity index is 2.35. The van der Waals surface area contributed by atoms with Crippen molar-refractivity contribution in [2.45, 2.75) is 18.7 Å². The first-order valence-corrected chi connectivity index (χ1v) is 8.16. The fourth-order valence-corrected chi connectivity index (χ4v) is 3.13. The molecule has 7 heteroatoms. The van der Waals surface area contributed by atoms with Crippen LogP contribution >= 0.6 is 11.6 Å². The minimum atomic E-state index is -3.88. The van der Waals surface area contributed by atoms with Crippen LogP contribution in [0.5, 0.6) is 0 Å². The lowest BCUT2D eigenvalue weighted by atomic mass is 10.2. The average molecular weight is 342 g/mol. The quantitative estimate of drug-likeness (QED) is 0.860. The number of rotatable bonds is 4. The van der Waals surface area contributed by atoms with E-state index in [0.717, 1.165) is 6.07 Å². The first-order chi connectivity index (χ1) is 10.2. The van der Waals surface area contributed by atoms with Crippen molar-refractivity contribution in [3.8, 4) is 0 Å². The van der Waals surface area contributed by atoms with E-state index in [-0.39, 0.29) is 27.0 Å². The summed E-state index contributed by atoms with van der Waals surface area (Å²) in [5, 5.41) is -0.0352. The molecule has 0 aliphatic carbocycles. The van der Waals surface area contributed by atoms with Crippen LogP contribution in [0.2, 0.25) is 5.02 Å². The van der Waals surface area contributed by atoms with Crippen molar-refractivity contribution in [3.63, 3.8) is 0 Å². The van der Waals surface area contributed by atoms with Crippen molar-refractivity contribution in [1.29, 1.82) is 0 Å². The van der Waals surface area contributed by atoms with Gasteiger partial charge in [0.1, 0.15) is 5.82 Å². The molecule has 0 aromatic heterocycles. The summed E-state index contributed by atoms with van der Waals surface area (Å²) in [5.41, 5.74) is 0.778. The standard InChI is InChI=1S/C15H13ClFNO3S/c1-9-7-15(13(16)8-14(9)17)18-22(20,21)12-5-3-11(4-6-12)10(2)19/h3-8,18H,1-2H3. The van der Waals surface area contributed by atoms with E-state index in [1.54, 1.807) is 0 Å². The SMILES string of the molecule is CC(=O)c1ccc(S(=O)(=O)Nc2cc(C)c(F)cc2Cl)cc1. The van der Waals surface area contributed by atoms with Gasteiger partial charge in [-0.25, -0.2) is 12.8 Å². The maximum absolute atomic E-state index is 13.3. The summed E-state index contributed by atoms with van der Waals surface area (Å²) in [6, 6.07) is 7.86. The maximum Gasteiger partial charge on any atom is 0.261 e. The number of aryl methyl sites for hydroxylation is 1. The summed E-state index contributed by atoms with van der Waals surface area (Å²) in [5.74, 6) is -0.673. The highest BCUT2D eigenvalue weighted by Gasteiger charge is 2.17. The highest BCUT2D eigenvalue weighted by molar-refractivity contribution is 7.92. The third kappa shape index (κ3) is 3.45. The van der Waals surface area contributed by atoms with Crippen molar-refractivity contribution >= 4 is 33.1 Å². The third-order valence-electron chi connectivity index (χ3n) is 3.06. The Labute approximate surface area is 133 Å². The molecule has 1 N–H and O–H groups in total. The van der Waals surface area contributed by atoms with Crippen LogP contribution in [0.3, 0.4) is 0 Å². The molecule has 0 fully saturated rings. The number of Topliss-reactive ketones (excluding diaryl/α,β-unsaturated/α-hetero) is 1. The van der Waals surface area contributed by atoms with E-state index in [0.29, 0.717) is 5.56 Å². The van der Waals surface area contributed by atoms with Gasteiger partial charge in [-0.15, -0.1) is 0 Å². The van der Waals surface area contributed by atoms with Crippen LogP contribution in [-0.4, -0.2) is 14.2 Å². The topological polar surface area (TPSA) is 63.2 Å². The van der Waals surface area contributed by atoms with Crippen molar-refractivity contribution in [2.75, 3.05) is 4.72 Å². The summed E-state index contributed by atoms with van der Waals surface area (Å²) >= 11 is 5.85. The Morgan fingerprint density at radius 2 is 1.77 bits per heavy atom. The number of benzene rings is 2. The number of ketones is 1. The third-order valence-corrected chi connectivity index (χ3v) is 4.76. The molecule has 2 aromatic carbocycles. The molecule has 0 heterocycles. The molecule has 0 aliphatic rings. The zero-order chi connectivity index (χ0) is 16.5. The molecule has 0 amide bonds. The molecule has 0 radical (unpaired) electrons. The van der Waals surface area contributed by atoms with Crippen LogP contribution in [0.1, 0.15) is 22.8 Å². The predicted octanol–water partition coefficient (Wildman–Crippen LogP) is 3.79. The zero-order valence-electron chi connectivity index (χ0n) is 11.9. The van der Waals surface area contributed by atoms with Crippen molar-refractivity contribution in [1.82, 2.24) is 0 Å². The Bertz CT molecular complexity index is 833. The minimum absolute atomic E-state index is 0.0180. The molecule has 0 bridgehead atoms. The number of carbonyl (C=O) groups excluding carboxylic acids is 1. The molecular weight excluding hydrogens is 329 g/mol. The second kappa shape index (κ2) is 6.06. The van der Waals surface area contributed by atoms with Crippen LogP contribution in [0.4, 0.5) is 10.1 Å². The molecule has 0 aliphatic heterocycles.